The Kier molecular flexibility index (Phi) is 5.42. The molecule has 4 aromatic rings. The number of ether oxygens (including phenoxy) is 1. The van der Waals surface area contributed by atoms with Crippen LogP contribution in [0.15, 0.2) is 65.7 Å². The fourth-order valence-corrected chi connectivity index (χ4v) is 3.75. The summed E-state index contributed by atoms with van der Waals surface area (Å²) in [6.07, 6.45) is 4.33. The van der Waals surface area contributed by atoms with Gasteiger partial charge in [-0.15, -0.1) is 10.2 Å². The first-order chi connectivity index (χ1) is 16.4. The number of aliphatic hydroxyl groups is 1. The highest BCUT2D eigenvalue weighted by Gasteiger charge is 2.40. The fourth-order valence-electron chi connectivity index (χ4n) is 3.75. The maximum atomic E-state index is 12.4. The standard InChI is InChI=1S/C24H22N6O4/c1-24(2)22(32)16-11-26-21(9-19(16)34-24)29-20-8-17(15(10-25-20)23-30-27-13-33-23)28-18(12-31)14-6-4-3-5-7-14/h3-11,13,18,31H,12H2,1-2H3,(H2,25,26,28,29)/t18-/m1/s1. The summed E-state index contributed by atoms with van der Waals surface area (Å²) in [6, 6.07) is 12.6. The van der Waals surface area contributed by atoms with Crippen LogP contribution >= 0.6 is 0 Å². The van der Waals surface area contributed by atoms with Crippen LogP contribution in [0.5, 0.6) is 5.75 Å². The third-order valence-electron chi connectivity index (χ3n) is 5.49. The van der Waals surface area contributed by atoms with Gasteiger partial charge < -0.3 is 24.9 Å². The number of aliphatic hydroxyl groups excluding tert-OH is 1. The molecule has 4 heterocycles. The minimum absolute atomic E-state index is 0.106. The molecule has 0 amide bonds. The number of pyridine rings is 2. The van der Waals surface area contributed by atoms with Gasteiger partial charge in [0, 0.05) is 24.5 Å². The third kappa shape index (κ3) is 4.06. The van der Waals surface area contributed by atoms with Gasteiger partial charge in [0.2, 0.25) is 12.2 Å². The summed E-state index contributed by atoms with van der Waals surface area (Å²) >= 11 is 0. The van der Waals surface area contributed by atoms with Crippen molar-refractivity contribution in [3.05, 3.63) is 72.4 Å². The van der Waals surface area contributed by atoms with Crippen molar-refractivity contribution in [3.8, 4) is 17.2 Å². The molecule has 5 rings (SSSR count). The van der Waals surface area contributed by atoms with Crippen molar-refractivity contribution in [3.63, 3.8) is 0 Å². The molecule has 0 radical (unpaired) electrons. The van der Waals surface area contributed by atoms with Crippen molar-refractivity contribution in [2.45, 2.75) is 25.5 Å². The fraction of sp³-hybridized carbons (Fsp3) is 0.208. The van der Waals surface area contributed by atoms with E-state index in [0.29, 0.717) is 34.2 Å². The van der Waals surface area contributed by atoms with Gasteiger partial charge in [-0.1, -0.05) is 30.3 Å². The zero-order chi connectivity index (χ0) is 23.7. The van der Waals surface area contributed by atoms with Crippen molar-refractivity contribution >= 4 is 23.1 Å². The maximum absolute atomic E-state index is 12.4. The molecule has 1 atom stereocenters. The molecule has 0 spiro atoms. The minimum Gasteiger partial charge on any atom is -0.479 e. The first kappa shape index (κ1) is 21.5. The Morgan fingerprint density at radius 2 is 1.79 bits per heavy atom. The van der Waals surface area contributed by atoms with Gasteiger partial charge >= 0.3 is 0 Å². The first-order valence-corrected chi connectivity index (χ1v) is 10.6. The minimum atomic E-state index is -0.916. The highest BCUT2D eigenvalue weighted by atomic mass is 16.5. The van der Waals surface area contributed by atoms with E-state index in [0.717, 1.165) is 5.56 Å². The Morgan fingerprint density at radius 1 is 1.06 bits per heavy atom. The lowest BCUT2D eigenvalue weighted by Gasteiger charge is -2.20. The number of benzene rings is 1. The zero-order valence-corrected chi connectivity index (χ0v) is 18.5. The molecule has 10 heteroatoms. The van der Waals surface area contributed by atoms with Gasteiger partial charge in [0.15, 0.2) is 5.60 Å². The highest BCUT2D eigenvalue weighted by Crippen LogP contribution is 2.36. The number of rotatable bonds is 7. The lowest BCUT2D eigenvalue weighted by atomic mass is 10.0. The quantitative estimate of drug-likeness (QED) is 0.375. The molecule has 1 aliphatic heterocycles. The number of ketones is 1. The molecule has 0 bridgehead atoms. The zero-order valence-electron chi connectivity index (χ0n) is 18.5. The van der Waals surface area contributed by atoms with E-state index < -0.39 is 5.60 Å². The van der Waals surface area contributed by atoms with Crippen LogP contribution in [0, 0.1) is 0 Å². The number of anilines is 3. The topological polar surface area (TPSA) is 135 Å². The lowest BCUT2D eigenvalue weighted by molar-refractivity contribution is 0.0684. The largest absolute Gasteiger partial charge is 0.479 e. The summed E-state index contributed by atoms with van der Waals surface area (Å²) in [5, 5.41) is 24.2. The van der Waals surface area contributed by atoms with Gasteiger partial charge in [0.25, 0.3) is 5.89 Å². The first-order valence-electron chi connectivity index (χ1n) is 10.6. The van der Waals surface area contributed by atoms with Crippen LogP contribution in [0.2, 0.25) is 0 Å². The van der Waals surface area contributed by atoms with E-state index in [-0.39, 0.29) is 24.3 Å². The molecular weight excluding hydrogens is 436 g/mol. The summed E-state index contributed by atoms with van der Waals surface area (Å²) in [7, 11) is 0. The second kappa shape index (κ2) is 8.56. The number of hydrogen-bond acceptors (Lipinski definition) is 10. The van der Waals surface area contributed by atoms with E-state index in [1.54, 1.807) is 32.2 Å². The summed E-state index contributed by atoms with van der Waals surface area (Å²) < 4.78 is 11.1. The van der Waals surface area contributed by atoms with E-state index in [1.165, 1.54) is 12.6 Å². The molecule has 1 aromatic carbocycles. The normalized spacial score (nSPS) is 14.9. The number of fused-ring (bicyclic) bond motifs is 1. The van der Waals surface area contributed by atoms with Crippen LogP contribution in [0.25, 0.3) is 11.5 Å². The van der Waals surface area contributed by atoms with Crippen LogP contribution < -0.4 is 15.4 Å². The molecule has 172 valence electrons. The average Bonchev–Trinajstić information content (AvgIpc) is 3.44. The summed E-state index contributed by atoms with van der Waals surface area (Å²) in [6.45, 7) is 3.32. The average molecular weight is 458 g/mol. The maximum Gasteiger partial charge on any atom is 0.251 e. The molecule has 0 fully saturated rings. The molecule has 3 aromatic heterocycles. The van der Waals surface area contributed by atoms with Crippen molar-refractivity contribution in [2.24, 2.45) is 0 Å². The number of nitrogens with zero attached hydrogens (tertiary/aromatic N) is 4. The number of carbonyl (C=O) groups excluding carboxylic acids is 1. The van der Waals surface area contributed by atoms with E-state index in [1.807, 2.05) is 30.3 Å². The number of nitrogens with one attached hydrogen (secondary N) is 2. The van der Waals surface area contributed by atoms with Crippen LogP contribution in [0.1, 0.15) is 35.8 Å². The van der Waals surface area contributed by atoms with E-state index in [2.05, 4.69) is 30.8 Å². The van der Waals surface area contributed by atoms with Gasteiger partial charge in [-0.2, -0.15) is 0 Å². The molecule has 1 aliphatic rings. The SMILES string of the molecule is CC1(C)Oc2cc(Nc3cc(N[C@H](CO)c4ccccc4)c(-c4nnco4)cn3)ncc2C1=O. The predicted octanol–water partition coefficient (Wildman–Crippen LogP) is 3.77. The predicted molar refractivity (Wildman–Crippen MR) is 124 cm³/mol. The van der Waals surface area contributed by atoms with Crippen LogP contribution in [0.4, 0.5) is 17.3 Å². The Hall–Kier alpha value is -4.31. The summed E-state index contributed by atoms with van der Waals surface area (Å²) in [5.41, 5.74) is 1.65. The van der Waals surface area contributed by atoms with Crippen LogP contribution in [-0.2, 0) is 0 Å². The van der Waals surface area contributed by atoms with Crippen molar-refractivity contribution in [1.29, 1.82) is 0 Å². The van der Waals surface area contributed by atoms with Gasteiger partial charge in [0.05, 0.1) is 29.5 Å². The van der Waals surface area contributed by atoms with Crippen molar-refractivity contribution < 1.29 is 19.1 Å². The molecular formula is C24H22N6O4. The molecule has 34 heavy (non-hydrogen) atoms. The monoisotopic (exact) mass is 458 g/mol. The molecule has 0 saturated heterocycles. The molecule has 0 aliphatic carbocycles. The van der Waals surface area contributed by atoms with Crippen molar-refractivity contribution in [2.75, 3.05) is 17.2 Å². The van der Waals surface area contributed by atoms with E-state index in [4.69, 9.17) is 9.15 Å². The van der Waals surface area contributed by atoms with Crippen LogP contribution in [0.3, 0.4) is 0 Å². The van der Waals surface area contributed by atoms with Gasteiger partial charge in [0.1, 0.15) is 17.4 Å². The number of Topliss-reactive ketones (excluding diaryl/α,β-unsaturated/α-hetero) is 1. The van der Waals surface area contributed by atoms with Crippen molar-refractivity contribution in [1.82, 2.24) is 20.2 Å². The van der Waals surface area contributed by atoms with Gasteiger partial charge in [-0.3, -0.25) is 4.79 Å². The van der Waals surface area contributed by atoms with Gasteiger partial charge in [-0.25, -0.2) is 9.97 Å². The van der Waals surface area contributed by atoms with E-state index in [9.17, 15) is 9.90 Å². The molecule has 10 nitrogen and oxygen atoms in total. The lowest BCUT2D eigenvalue weighted by Crippen LogP contribution is -2.31. The number of carbonyl (C=O) groups is 1. The second-order valence-electron chi connectivity index (χ2n) is 8.28. The Morgan fingerprint density at radius 3 is 2.50 bits per heavy atom. The molecule has 0 unspecified atom stereocenters. The number of hydrogen-bond donors (Lipinski definition) is 3. The number of aromatic nitrogens is 4. The Labute approximate surface area is 195 Å². The summed E-state index contributed by atoms with van der Waals surface area (Å²) in [5.74, 6) is 1.60. The van der Waals surface area contributed by atoms with Crippen LogP contribution in [-0.4, -0.2) is 43.3 Å². The van der Waals surface area contributed by atoms with E-state index >= 15 is 0 Å². The smallest absolute Gasteiger partial charge is 0.251 e. The Bertz CT molecular complexity index is 1320. The molecule has 0 saturated carbocycles. The third-order valence-corrected chi connectivity index (χ3v) is 5.49. The Balaban J connectivity index is 1.46. The van der Waals surface area contributed by atoms with Gasteiger partial charge in [-0.05, 0) is 19.4 Å². The highest BCUT2D eigenvalue weighted by molar-refractivity contribution is 6.07. The molecule has 3 N–H and O–H groups in total. The summed E-state index contributed by atoms with van der Waals surface area (Å²) in [4.78, 5) is 21.2. The second-order valence-corrected chi connectivity index (χ2v) is 8.28.